The molecule has 100 valence electrons. The highest BCUT2D eigenvalue weighted by Gasteiger charge is 2.14. The molecule has 0 spiro atoms. The number of nitrogens with one attached hydrogen (secondary N) is 1. The third-order valence-electron chi connectivity index (χ3n) is 2.26. The van der Waals surface area contributed by atoms with Crippen LogP contribution in [0.1, 0.15) is 24.4 Å². The Morgan fingerprint density at radius 2 is 2.11 bits per heavy atom. The number of likely N-dealkylation sites (N-methyl/N-ethyl adjacent to an activating group) is 1. The minimum atomic E-state index is -0.396. The smallest absolute Gasteiger partial charge is 0.287 e. The number of amides is 2. The van der Waals surface area contributed by atoms with Crippen molar-refractivity contribution >= 4 is 27.7 Å². The summed E-state index contributed by atoms with van der Waals surface area (Å²) in [6, 6.07) is 3.17. The Morgan fingerprint density at radius 3 is 2.61 bits per heavy atom. The highest BCUT2D eigenvalue weighted by atomic mass is 79.9. The lowest BCUT2D eigenvalue weighted by Gasteiger charge is -2.19. The second kappa shape index (κ2) is 6.58. The minimum Gasteiger partial charge on any atom is -0.444 e. The average molecular weight is 317 g/mol. The Labute approximate surface area is 115 Å². The van der Waals surface area contributed by atoms with Gasteiger partial charge in [-0.3, -0.25) is 9.59 Å². The molecule has 1 heterocycles. The van der Waals surface area contributed by atoms with Gasteiger partial charge in [-0.05, 0) is 34.0 Å². The zero-order chi connectivity index (χ0) is 13.7. The zero-order valence-corrected chi connectivity index (χ0v) is 12.3. The summed E-state index contributed by atoms with van der Waals surface area (Å²) in [5.74, 6) is 0.0616. The highest BCUT2D eigenvalue weighted by molar-refractivity contribution is 9.10. The van der Waals surface area contributed by atoms with Crippen molar-refractivity contribution in [3.8, 4) is 0 Å². The summed E-state index contributed by atoms with van der Waals surface area (Å²) in [5, 5.41) is 2.52. The summed E-state index contributed by atoms with van der Waals surface area (Å²) in [7, 11) is 1.72. The van der Waals surface area contributed by atoms with Crippen LogP contribution >= 0.6 is 15.9 Å². The first-order chi connectivity index (χ1) is 8.40. The van der Waals surface area contributed by atoms with Crippen LogP contribution in [0.4, 0.5) is 0 Å². The molecule has 1 aromatic heterocycles. The predicted octanol–water partition coefficient (Wildman–Crippen LogP) is 1.89. The van der Waals surface area contributed by atoms with Crippen molar-refractivity contribution in [2.24, 2.45) is 5.92 Å². The van der Waals surface area contributed by atoms with Gasteiger partial charge in [-0.1, -0.05) is 13.8 Å². The fourth-order valence-corrected chi connectivity index (χ4v) is 1.77. The van der Waals surface area contributed by atoms with Crippen molar-refractivity contribution in [3.63, 3.8) is 0 Å². The van der Waals surface area contributed by atoms with E-state index in [1.54, 1.807) is 24.1 Å². The molecule has 0 atom stereocenters. The van der Waals surface area contributed by atoms with Crippen molar-refractivity contribution < 1.29 is 14.0 Å². The van der Waals surface area contributed by atoms with Crippen LogP contribution in [0.5, 0.6) is 0 Å². The Balaban J connectivity index is 2.41. The lowest BCUT2D eigenvalue weighted by Crippen LogP contribution is -2.39. The summed E-state index contributed by atoms with van der Waals surface area (Å²) < 4.78 is 5.56. The van der Waals surface area contributed by atoms with Crippen LogP contribution in [0.25, 0.3) is 0 Å². The van der Waals surface area contributed by atoms with Crippen molar-refractivity contribution in [1.82, 2.24) is 10.2 Å². The molecule has 0 aliphatic carbocycles. The third-order valence-corrected chi connectivity index (χ3v) is 2.69. The van der Waals surface area contributed by atoms with Crippen molar-refractivity contribution in [3.05, 3.63) is 22.6 Å². The average Bonchev–Trinajstić information content (AvgIpc) is 2.71. The summed E-state index contributed by atoms with van der Waals surface area (Å²) in [4.78, 5) is 24.9. The molecule has 0 radical (unpaired) electrons. The molecular weight excluding hydrogens is 300 g/mol. The standard InChI is InChI=1S/C12H17BrN2O3/c1-8(2)7-15(3)11(16)6-14-12(17)9-4-5-10(13)18-9/h4-5,8H,6-7H2,1-3H3,(H,14,17). The van der Waals surface area contributed by atoms with E-state index in [2.05, 4.69) is 21.2 Å². The van der Waals surface area contributed by atoms with Crippen LogP contribution in [0, 0.1) is 5.92 Å². The molecule has 0 aliphatic heterocycles. The summed E-state index contributed by atoms with van der Waals surface area (Å²) >= 11 is 3.11. The molecule has 0 fully saturated rings. The Kier molecular flexibility index (Phi) is 5.40. The summed E-state index contributed by atoms with van der Waals surface area (Å²) in [5.41, 5.74) is 0. The first-order valence-electron chi connectivity index (χ1n) is 5.67. The number of hydrogen-bond donors (Lipinski definition) is 1. The second-order valence-corrected chi connectivity index (χ2v) is 5.24. The van der Waals surface area contributed by atoms with Gasteiger partial charge in [0.1, 0.15) is 0 Å². The molecule has 0 saturated carbocycles. The van der Waals surface area contributed by atoms with Gasteiger partial charge >= 0.3 is 0 Å². The van der Waals surface area contributed by atoms with Gasteiger partial charge in [-0.2, -0.15) is 0 Å². The van der Waals surface area contributed by atoms with Crippen molar-refractivity contribution in [2.75, 3.05) is 20.1 Å². The maximum absolute atomic E-state index is 11.7. The van der Waals surface area contributed by atoms with E-state index in [0.29, 0.717) is 17.1 Å². The van der Waals surface area contributed by atoms with E-state index in [-0.39, 0.29) is 18.2 Å². The van der Waals surface area contributed by atoms with Crippen LogP contribution in [0.3, 0.4) is 0 Å². The quantitative estimate of drug-likeness (QED) is 0.902. The molecule has 0 aliphatic rings. The molecule has 0 saturated heterocycles. The molecule has 1 N–H and O–H groups in total. The van der Waals surface area contributed by atoms with Gasteiger partial charge in [0.25, 0.3) is 5.91 Å². The number of furan rings is 1. The first-order valence-corrected chi connectivity index (χ1v) is 6.47. The molecule has 0 aromatic carbocycles. The number of rotatable bonds is 5. The largest absolute Gasteiger partial charge is 0.444 e. The topological polar surface area (TPSA) is 62.6 Å². The molecule has 6 heteroatoms. The monoisotopic (exact) mass is 316 g/mol. The maximum Gasteiger partial charge on any atom is 0.287 e. The van der Waals surface area contributed by atoms with Crippen LogP contribution in [-0.4, -0.2) is 36.9 Å². The number of carbonyl (C=O) groups is 2. The molecular formula is C12H17BrN2O3. The lowest BCUT2D eigenvalue weighted by molar-refractivity contribution is -0.129. The number of nitrogens with zero attached hydrogens (tertiary/aromatic N) is 1. The minimum absolute atomic E-state index is 0.0274. The molecule has 2 amide bonds. The molecule has 1 rings (SSSR count). The van der Waals surface area contributed by atoms with E-state index in [1.165, 1.54) is 0 Å². The molecule has 5 nitrogen and oxygen atoms in total. The van der Waals surface area contributed by atoms with Gasteiger partial charge in [0.2, 0.25) is 5.91 Å². The van der Waals surface area contributed by atoms with Crippen LogP contribution < -0.4 is 5.32 Å². The highest BCUT2D eigenvalue weighted by Crippen LogP contribution is 2.13. The Hall–Kier alpha value is -1.30. The first kappa shape index (κ1) is 14.8. The number of halogens is 1. The SMILES string of the molecule is CC(C)CN(C)C(=O)CNC(=O)c1ccc(Br)o1. The van der Waals surface area contributed by atoms with Gasteiger partial charge in [0, 0.05) is 13.6 Å². The summed E-state index contributed by atoms with van der Waals surface area (Å²) in [6.45, 7) is 4.70. The predicted molar refractivity (Wildman–Crippen MR) is 71.2 cm³/mol. The molecule has 18 heavy (non-hydrogen) atoms. The van der Waals surface area contributed by atoms with Gasteiger partial charge in [-0.25, -0.2) is 0 Å². The van der Waals surface area contributed by atoms with Gasteiger partial charge in [0.15, 0.2) is 10.4 Å². The fraction of sp³-hybridized carbons (Fsp3) is 0.500. The normalized spacial score (nSPS) is 10.5. The Bertz CT molecular complexity index is 429. The maximum atomic E-state index is 11.7. The second-order valence-electron chi connectivity index (χ2n) is 4.45. The van der Waals surface area contributed by atoms with Crippen molar-refractivity contribution in [1.29, 1.82) is 0 Å². The van der Waals surface area contributed by atoms with E-state index in [1.807, 2.05) is 13.8 Å². The lowest BCUT2D eigenvalue weighted by atomic mass is 10.2. The van der Waals surface area contributed by atoms with Crippen LogP contribution in [0.15, 0.2) is 21.2 Å². The van der Waals surface area contributed by atoms with Gasteiger partial charge in [0.05, 0.1) is 6.54 Å². The van der Waals surface area contributed by atoms with E-state index in [4.69, 9.17) is 4.42 Å². The fourth-order valence-electron chi connectivity index (χ4n) is 1.46. The molecule has 0 unspecified atom stereocenters. The van der Waals surface area contributed by atoms with Gasteiger partial charge in [-0.15, -0.1) is 0 Å². The summed E-state index contributed by atoms with van der Waals surface area (Å²) in [6.07, 6.45) is 0. The van der Waals surface area contributed by atoms with E-state index < -0.39 is 5.91 Å². The molecule has 0 bridgehead atoms. The van der Waals surface area contributed by atoms with Crippen molar-refractivity contribution in [2.45, 2.75) is 13.8 Å². The van der Waals surface area contributed by atoms with Crippen LogP contribution in [-0.2, 0) is 4.79 Å². The van der Waals surface area contributed by atoms with E-state index in [9.17, 15) is 9.59 Å². The molecule has 1 aromatic rings. The van der Waals surface area contributed by atoms with Crippen LogP contribution in [0.2, 0.25) is 0 Å². The Morgan fingerprint density at radius 1 is 1.44 bits per heavy atom. The third kappa shape index (κ3) is 4.52. The van der Waals surface area contributed by atoms with E-state index in [0.717, 1.165) is 0 Å². The van der Waals surface area contributed by atoms with E-state index >= 15 is 0 Å². The zero-order valence-electron chi connectivity index (χ0n) is 10.7. The van der Waals surface area contributed by atoms with Gasteiger partial charge < -0.3 is 14.6 Å². The number of carbonyl (C=O) groups excluding carboxylic acids is 2. The number of hydrogen-bond acceptors (Lipinski definition) is 3.